The highest BCUT2D eigenvalue weighted by atomic mass is 35.5. The molecule has 0 fully saturated rings. The number of ether oxygens (including phenoxy) is 1. The number of hydrogen-bond donors (Lipinski definition) is 1. The van der Waals surface area contributed by atoms with E-state index in [0.717, 1.165) is 11.1 Å². The van der Waals surface area contributed by atoms with E-state index in [4.69, 9.17) is 16.3 Å². The van der Waals surface area contributed by atoms with Crippen molar-refractivity contribution < 1.29 is 14.3 Å². The van der Waals surface area contributed by atoms with Gasteiger partial charge in [-0.1, -0.05) is 35.9 Å². The van der Waals surface area contributed by atoms with Gasteiger partial charge in [0.05, 0.1) is 18.2 Å². The van der Waals surface area contributed by atoms with E-state index >= 15 is 0 Å². The summed E-state index contributed by atoms with van der Waals surface area (Å²) >= 11 is 6.27. The van der Waals surface area contributed by atoms with Crippen LogP contribution >= 0.6 is 11.6 Å². The summed E-state index contributed by atoms with van der Waals surface area (Å²) in [6, 6.07) is 16.2. The molecule has 6 nitrogen and oxygen atoms in total. The average Bonchev–Trinajstić information content (AvgIpc) is 3.02. The topological polar surface area (TPSA) is 71.5 Å². The number of hydrogen-bond acceptors (Lipinski definition) is 5. The molecule has 0 unspecified atom stereocenters. The smallest absolute Gasteiger partial charge is 0.278 e. The van der Waals surface area contributed by atoms with Crippen LogP contribution in [-0.2, 0) is 16.1 Å². The minimum Gasteiger partial charge on any atom is -0.491 e. The van der Waals surface area contributed by atoms with Crippen molar-refractivity contribution >= 4 is 34.7 Å². The van der Waals surface area contributed by atoms with Gasteiger partial charge in [-0.05, 0) is 67.8 Å². The van der Waals surface area contributed by atoms with Crippen molar-refractivity contribution in [1.29, 1.82) is 0 Å². The van der Waals surface area contributed by atoms with E-state index in [9.17, 15) is 9.59 Å². The van der Waals surface area contributed by atoms with Gasteiger partial charge in [-0.2, -0.15) is 0 Å². The largest absolute Gasteiger partial charge is 0.491 e. The van der Waals surface area contributed by atoms with Gasteiger partial charge in [0, 0.05) is 23.1 Å². The fourth-order valence-electron chi connectivity index (χ4n) is 3.63. The van der Waals surface area contributed by atoms with Gasteiger partial charge in [0.1, 0.15) is 11.4 Å². The van der Waals surface area contributed by atoms with Gasteiger partial charge in [-0.15, -0.1) is 0 Å². The number of anilines is 1. The van der Waals surface area contributed by atoms with Crippen molar-refractivity contribution in [1.82, 2.24) is 9.88 Å². The first-order valence-corrected chi connectivity index (χ1v) is 11.0. The molecule has 0 aliphatic carbocycles. The highest BCUT2D eigenvalue weighted by Crippen LogP contribution is 2.34. The van der Waals surface area contributed by atoms with Crippen LogP contribution in [0.3, 0.4) is 0 Å². The molecule has 33 heavy (non-hydrogen) atoms. The predicted molar refractivity (Wildman–Crippen MR) is 129 cm³/mol. The number of pyridine rings is 1. The van der Waals surface area contributed by atoms with Gasteiger partial charge in [0.2, 0.25) is 0 Å². The second-order valence-electron chi connectivity index (χ2n) is 8.04. The van der Waals surface area contributed by atoms with Crippen LogP contribution in [0.5, 0.6) is 5.75 Å². The Morgan fingerprint density at radius 2 is 1.79 bits per heavy atom. The quantitative estimate of drug-likeness (QED) is 0.488. The number of carbonyl (C=O) groups is 2. The summed E-state index contributed by atoms with van der Waals surface area (Å²) in [5.41, 5.74) is 3.36. The fraction of sp³-hybridized carbons (Fsp3) is 0.192. The van der Waals surface area contributed by atoms with E-state index in [1.807, 2.05) is 32.9 Å². The molecule has 168 valence electrons. The van der Waals surface area contributed by atoms with Crippen LogP contribution < -0.4 is 10.1 Å². The van der Waals surface area contributed by atoms with Gasteiger partial charge in [-0.3, -0.25) is 19.5 Å². The van der Waals surface area contributed by atoms with E-state index < -0.39 is 5.91 Å². The molecule has 0 bridgehead atoms. The number of imide groups is 1. The van der Waals surface area contributed by atoms with Crippen molar-refractivity contribution in [2.24, 2.45) is 0 Å². The summed E-state index contributed by atoms with van der Waals surface area (Å²) in [4.78, 5) is 32.2. The molecular weight excluding hydrogens is 438 g/mol. The van der Waals surface area contributed by atoms with E-state index in [1.54, 1.807) is 54.9 Å². The molecule has 4 rings (SSSR count). The first kappa shape index (κ1) is 22.6. The minimum atomic E-state index is -0.402. The number of amides is 2. The monoisotopic (exact) mass is 461 g/mol. The lowest BCUT2D eigenvalue weighted by Crippen LogP contribution is -2.32. The molecule has 0 spiro atoms. The molecule has 1 N–H and O–H groups in total. The summed E-state index contributed by atoms with van der Waals surface area (Å²) < 4.78 is 5.72. The third-order valence-corrected chi connectivity index (χ3v) is 5.68. The van der Waals surface area contributed by atoms with Crippen molar-refractivity contribution in [3.8, 4) is 5.75 Å². The zero-order valence-corrected chi connectivity index (χ0v) is 19.4. The predicted octanol–water partition coefficient (Wildman–Crippen LogP) is 5.22. The van der Waals surface area contributed by atoms with Crippen LogP contribution in [0, 0.1) is 6.92 Å². The molecule has 0 atom stereocenters. The zero-order chi connectivity index (χ0) is 23.5. The number of nitrogens with zero attached hydrogens (tertiary/aromatic N) is 2. The number of aromatic nitrogens is 1. The van der Waals surface area contributed by atoms with E-state index in [1.165, 1.54) is 4.90 Å². The molecule has 0 saturated heterocycles. The van der Waals surface area contributed by atoms with Gasteiger partial charge in [0.25, 0.3) is 11.8 Å². The number of nitrogens with one attached hydrogen (secondary N) is 1. The normalized spacial score (nSPS) is 13.8. The lowest BCUT2D eigenvalue weighted by Gasteiger charge is -2.15. The number of benzene rings is 2. The molecule has 2 aromatic carbocycles. The molecule has 0 radical (unpaired) electrons. The van der Waals surface area contributed by atoms with Gasteiger partial charge in [0.15, 0.2) is 0 Å². The van der Waals surface area contributed by atoms with E-state index in [0.29, 0.717) is 27.6 Å². The summed E-state index contributed by atoms with van der Waals surface area (Å²) in [5.74, 6) is -0.0807. The van der Waals surface area contributed by atoms with Crippen molar-refractivity contribution in [3.63, 3.8) is 0 Å². The highest BCUT2D eigenvalue weighted by Gasteiger charge is 2.39. The average molecular weight is 462 g/mol. The van der Waals surface area contributed by atoms with Crippen molar-refractivity contribution in [2.45, 2.75) is 33.4 Å². The second kappa shape index (κ2) is 9.46. The van der Waals surface area contributed by atoms with Crippen molar-refractivity contribution in [3.05, 3.63) is 94.4 Å². The number of carbonyl (C=O) groups excluding carboxylic acids is 2. The molecule has 3 aromatic rings. The highest BCUT2D eigenvalue weighted by molar-refractivity contribution is 6.36. The number of rotatable bonds is 7. The first-order valence-electron chi connectivity index (χ1n) is 10.6. The van der Waals surface area contributed by atoms with Crippen LogP contribution in [0.15, 0.2) is 72.7 Å². The summed E-state index contributed by atoms with van der Waals surface area (Å²) in [7, 11) is 0. The van der Waals surface area contributed by atoms with Gasteiger partial charge < -0.3 is 10.1 Å². The maximum absolute atomic E-state index is 13.5. The lowest BCUT2D eigenvalue weighted by atomic mass is 10.0. The maximum Gasteiger partial charge on any atom is 0.278 e. The summed E-state index contributed by atoms with van der Waals surface area (Å²) in [5, 5.41) is 3.75. The molecule has 2 amide bonds. The summed E-state index contributed by atoms with van der Waals surface area (Å²) in [6.45, 7) is 5.88. The maximum atomic E-state index is 13.5. The third kappa shape index (κ3) is 4.76. The van der Waals surface area contributed by atoms with Crippen molar-refractivity contribution in [2.75, 3.05) is 5.32 Å². The van der Waals surface area contributed by atoms with Crippen LogP contribution in [0.4, 0.5) is 5.69 Å². The molecule has 1 aliphatic rings. The third-order valence-electron chi connectivity index (χ3n) is 5.27. The zero-order valence-electron chi connectivity index (χ0n) is 18.6. The fourth-order valence-corrected chi connectivity index (χ4v) is 3.80. The number of halogens is 1. The Balaban J connectivity index is 1.74. The van der Waals surface area contributed by atoms with Crippen LogP contribution in [0.25, 0.3) is 5.57 Å². The van der Waals surface area contributed by atoms with Crippen LogP contribution in [0.1, 0.15) is 30.5 Å². The molecule has 1 aliphatic heterocycles. The van der Waals surface area contributed by atoms with E-state index in [2.05, 4.69) is 10.3 Å². The summed E-state index contributed by atoms with van der Waals surface area (Å²) in [6.07, 6.45) is 3.32. The van der Waals surface area contributed by atoms with Crippen LogP contribution in [0.2, 0.25) is 5.02 Å². The first-order chi connectivity index (χ1) is 15.8. The van der Waals surface area contributed by atoms with Gasteiger partial charge >= 0.3 is 0 Å². The van der Waals surface area contributed by atoms with E-state index in [-0.39, 0.29) is 24.3 Å². The van der Waals surface area contributed by atoms with Gasteiger partial charge in [-0.25, -0.2) is 0 Å². The SMILES string of the molecule is Cc1c(Cl)cccc1NC1=C(c2ccc(OC(C)C)cc2)C(=O)N(Cc2cccnc2)C1=O. The Morgan fingerprint density at radius 3 is 2.45 bits per heavy atom. The molecule has 7 heteroatoms. The Morgan fingerprint density at radius 1 is 1.03 bits per heavy atom. The molecule has 1 aromatic heterocycles. The Hall–Kier alpha value is -3.64. The Labute approximate surface area is 197 Å². The second-order valence-corrected chi connectivity index (χ2v) is 8.44. The lowest BCUT2D eigenvalue weighted by molar-refractivity contribution is -0.137. The minimum absolute atomic E-state index is 0.0303. The standard InChI is InChI=1S/C26H24ClN3O3/c1-16(2)33-20-11-9-19(10-12-20)23-24(29-22-8-4-7-21(27)17(22)3)26(32)30(25(23)31)15-18-6-5-13-28-14-18/h4-14,16,29H,15H2,1-3H3. The molecule has 0 saturated carbocycles. The molecule has 2 heterocycles. The molecular formula is C26H24ClN3O3. The Kier molecular flexibility index (Phi) is 6.47. The van der Waals surface area contributed by atoms with Crippen LogP contribution in [-0.4, -0.2) is 27.8 Å². The Bertz CT molecular complexity index is 1220.